The Hall–Kier alpha value is -1.06. The van der Waals surface area contributed by atoms with Gasteiger partial charge in [-0.3, -0.25) is 0 Å². The number of aliphatic hydroxyl groups is 1. The molecular formula is C17H25NO2. The van der Waals surface area contributed by atoms with Crippen LogP contribution in [0.2, 0.25) is 0 Å². The fourth-order valence-electron chi connectivity index (χ4n) is 3.74. The van der Waals surface area contributed by atoms with E-state index in [1.807, 2.05) is 0 Å². The predicted molar refractivity (Wildman–Crippen MR) is 81.0 cm³/mol. The van der Waals surface area contributed by atoms with Gasteiger partial charge in [-0.25, -0.2) is 0 Å². The van der Waals surface area contributed by atoms with Gasteiger partial charge in [-0.05, 0) is 50.3 Å². The first-order chi connectivity index (χ1) is 9.78. The van der Waals surface area contributed by atoms with Gasteiger partial charge in [0.25, 0.3) is 0 Å². The first-order valence-corrected chi connectivity index (χ1v) is 7.86. The Morgan fingerprint density at radius 3 is 2.60 bits per heavy atom. The number of ether oxygens (including phenoxy) is 1. The zero-order valence-corrected chi connectivity index (χ0v) is 12.3. The van der Waals surface area contributed by atoms with Gasteiger partial charge in [-0.2, -0.15) is 0 Å². The lowest BCUT2D eigenvalue weighted by atomic mass is 9.51. The van der Waals surface area contributed by atoms with E-state index in [-0.39, 0.29) is 6.61 Å². The summed E-state index contributed by atoms with van der Waals surface area (Å²) in [6.45, 7) is 3.14. The van der Waals surface area contributed by atoms with Crippen molar-refractivity contribution in [3.05, 3.63) is 29.8 Å². The van der Waals surface area contributed by atoms with Crippen molar-refractivity contribution in [2.24, 2.45) is 5.41 Å². The molecule has 0 saturated heterocycles. The summed E-state index contributed by atoms with van der Waals surface area (Å²) in [5, 5.41) is 12.6. The molecule has 1 aromatic rings. The van der Waals surface area contributed by atoms with Crippen LogP contribution in [0.25, 0.3) is 0 Å². The van der Waals surface area contributed by atoms with Gasteiger partial charge in [-0.15, -0.1) is 0 Å². The van der Waals surface area contributed by atoms with E-state index in [1.165, 1.54) is 30.5 Å². The summed E-state index contributed by atoms with van der Waals surface area (Å²) < 4.78 is 5.89. The Balaban J connectivity index is 1.61. The molecule has 3 heteroatoms. The average Bonchev–Trinajstić information content (AvgIpc) is 2.38. The van der Waals surface area contributed by atoms with Crippen LogP contribution in [0.1, 0.15) is 38.2 Å². The summed E-state index contributed by atoms with van der Waals surface area (Å²) in [4.78, 5) is 0. The van der Waals surface area contributed by atoms with Crippen LogP contribution in [0.3, 0.4) is 0 Å². The Bertz CT molecular complexity index is 439. The fourth-order valence-corrected chi connectivity index (χ4v) is 3.74. The van der Waals surface area contributed by atoms with Gasteiger partial charge in [0.1, 0.15) is 0 Å². The fraction of sp³-hybridized carbons (Fsp3) is 0.647. The number of hydrogen-bond acceptors (Lipinski definition) is 3. The lowest BCUT2D eigenvalue weighted by Gasteiger charge is -2.61. The minimum absolute atomic E-state index is 0.217. The number of benzene rings is 1. The van der Waals surface area contributed by atoms with Crippen molar-refractivity contribution in [2.75, 3.05) is 18.5 Å². The lowest BCUT2D eigenvalue weighted by Crippen LogP contribution is -2.64. The molecule has 0 aromatic heterocycles. The molecule has 3 nitrogen and oxygen atoms in total. The highest BCUT2D eigenvalue weighted by atomic mass is 16.5. The molecule has 2 atom stereocenters. The van der Waals surface area contributed by atoms with Crippen LogP contribution in [0.4, 0.5) is 5.69 Å². The van der Waals surface area contributed by atoms with E-state index in [9.17, 15) is 0 Å². The summed E-state index contributed by atoms with van der Waals surface area (Å²) in [6.07, 6.45) is 6.28. The van der Waals surface area contributed by atoms with E-state index >= 15 is 0 Å². The van der Waals surface area contributed by atoms with Crippen LogP contribution in [0.15, 0.2) is 24.3 Å². The topological polar surface area (TPSA) is 41.5 Å². The van der Waals surface area contributed by atoms with Crippen LogP contribution in [0, 0.1) is 5.41 Å². The predicted octanol–water partition coefficient (Wildman–Crippen LogP) is 2.98. The van der Waals surface area contributed by atoms with E-state index in [0.29, 0.717) is 17.6 Å². The highest BCUT2D eigenvalue weighted by Crippen LogP contribution is 2.58. The van der Waals surface area contributed by atoms with E-state index in [4.69, 9.17) is 9.84 Å². The number of hydrogen-bond donors (Lipinski definition) is 2. The van der Waals surface area contributed by atoms with Crippen molar-refractivity contribution in [3.63, 3.8) is 0 Å². The van der Waals surface area contributed by atoms with Crippen LogP contribution in [-0.2, 0) is 11.2 Å². The summed E-state index contributed by atoms with van der Waals surface area (Å²) in [5.74, 6) is 0. The van der Waals surface area contributed by atoms with Crippen molar-refractivity contribution >= 4 is 5.69 Å². The average molecular weight is 275 g/mol. The molecule has 0 amide bonds. The van der Waals surface area contributed by atoms with Crippen molar-refractivity contribution in [3.8, 4) is 0 Å². The quantitative estimate of drug-likeness (QED) is 0.838. The second kappa shape index (κ2) is 5.74. The van der Waals surface area contributed by atoms with Crippen molar-refractivity contribution < 1.29 is 9.84 Å². The molecule has 3 rings (SSSR count). The first kappa shape index (κ1) is 13.9. The SMILES string of the molecule is CCOC1CC(Nc2ccc(CCO)cc2)C12CCC2. The molecule has 20 heavy (non-hydrogen) atoms. The van der Waals surface area contributed by atoms with E-state index < -0.39 is 0 Å². The van der Waals surface area contributed by atoms with Crippen LogP contribution >= 0.6 is 0 Å². The highest BCUT2D eigenvalue weighted by molar-refractivity contribution is 5.47. The molecule has 0 aliphatic heterocycles. The van der Waals surface area contributed by atoms with E-state index in [2.05, 4.69) is 36.5 Å². The molecule has 110 valence electrons. The zero-order valence-electron chi connectivity index (χ0n) is 12.3. The lowest BCUT2D eigenvalue weighted by molar-refractivity contribution is -0.157. The summed E-state index contributed by atoms with van der Waals surface area (Å²) in [5.41, 5.74) is 2.79. The molecule has 1 spiro atoms. The maximum atomic E-state index is 8.94. The van der Waals surface area contributed by atoms with Crippen molar-refractivity contribution in [1.82, 2.24) is 0 Å². The number of anilines is 1. The number of aliphatic hydroxyl groups excluding tert-OH is 1. The third-order valence-corrected chi connectivity index (χ3v) is 5.13. The molecule has 2 aliphatic carbocycles. The van der Waals surface area contributed by atoms with Crippen LogP contribution in [0.5, 0.6) is 0 Å². The second-order valence-electron chi connectivity index (χ2n) is 6.13. The third-order valence-electron chi connectivity index (χ3n) is 5.13. The van der Waals surface area contributed by atoms with Crippen molar-refractivity contribution in [1.29, 1.82) is 0 Å². The monoisotopic (exact) mass is 275 g/mol. The summed E-state index contributed by atoms with van der Waals surface area (Å²) in [7, 11) is 0. The van der Waals surface area contributed by atoms with Gasteiger partial charge in [-0.1, -0.05) is 18.6 Å². The normalized spacial score (nSPS) is 26.9. The Morgan fingerprint density at radius 2 is 2.05 bits per heavy atom. The van der Waals surface area contributed by atoms with Gasteiger partial charge in [0.2, 0.25) is 0 Å². The summed E-state index contributed by atoms with van der Waals surface area (Å²) in [6, 6.07) is 9.03. The molecular weight excluding hydrogens is 250 g/mol. The molecule has 0 heterocycles. The zero-order chi connectivity index (χ0) is 14.0. The maximum Gasteiger partial charge on any atom is 0.0670 e. The number of nitrogens with one attached hydrogen (secondary N) is 1. The van der Waals surface area contributed by atoms with Crippen molar-refractivity contribution in [2.45, 2.75) is 51.2 Å². The van der Waals surface area contributed by atoms with Gasteiger partial charge < -0.3 is 15.2 Å². The minimum Gasteiger partial charge on any atom is -0.396 e. The molecule has 2 unspecified atom stereocenters. The van der Waals surface area contributed by atoms with Gasteiger partial charge in [0, 0.05) is 30.4 Å². The molecule has 2 fully saturated rings. The Labute approximate surface area is 121 Å². The standard InChI is InChI=1S/C17H25NO2/c1-2-20-16-12-15(17(16)9-3-10-17)18-14-6-4-13(5-7-14)8-11-19/h4-7,15-16,18-19H,2-3,8-12H2,1H3. The Morgan fingerprint density at radius 1 is 1.30 bits per heavy atom. The van der Waals surface area contributed by atoms with Crippen LogP contribution in [-0.4, -0.2) is 30.5 Å². The minimum atomic E-state index is 0.217. The molecule has 0 radical (unpaired) electrons. The van der Waals surface area contributed by atoms with Gasteiger partial charge in [0.05, 0.1) is 6.10 Å². The van der Waals surface area contributed by atoms with Gasteiger partial charge in [0.15, 0.2) is 0 Å². The maximum absolute atomic E-state index is 8.94. The molecule has 2 saturated carbocycles. The highest BCUT2D eigenvalue weighted by Gasteiger charge is 2.58. The van der Waals surface area contributed by atoms with Gasteiger partial charge >= 0.3 is 0 Å². The van der Waals surface area contributed by atoms with Crippen LogP contribution < -0.4 is 5.32 Å². The largest absolute Gasteiger partial charge is 0.396 e. The summed E-state index contributed by atoms with van der Waals surface area (Å²) >= 11 is 0. The van der Waals surface area contributed by atoms with E-state index in [0.717, 1.165) is 19.4 Å². The first-order valence-electron chi connectivity index (χ1n) is 7.86. The molecule has 0 bridgehead atoms. The molecule has 1 aromatic carbocycles. The van der Waals surface area contributed by atoms with E-state index in [1.54, 1.807) is 0 Å². The molecule has 2 N–H and O–H groups in total. The molecule has 2 aliphatic rings. The number of rotatable bonds is 6. The Kier molecular flexibility index (Phi) is 3.99. The second-order valence-corrected chi connectivity index (χ2v) is 6.13. The third kappa shape index (κ3) is 2.33. The smallest absolute Gasteiger partial charge is 0.0670 e.